The summed E-state index contributed by atoms with van der Waals surface area (Å²) in [5.74, 6) is 0. The van der Waals surface area contributed by atoms with Crippen LogP contribution in [0.25, 0.3) is 0 Å². The molecule has 3 heteroatoms. The number of nitrogens with zero attached hydrogens (tertiary/aromatic N) is 1. The summed E-state index contributed by atoms with van der Waals surface area (Å²) >= 11 is 0. The number of rotatable bonds is 3. The highest BCUT2D eigenvalue weighted by Crippen LogP contribution is 2.30. The van der Waals surface area contributed by atoms with Gasteiger partial charge in [0.05, 0.1) is 12.7 Å². The van der Waals surface area contributed by atoms with Crippen LogP contribution in [0.5, 0.6) is 0 Å². The second kappa shape index (κ2) is 3.23. The first-order valence-electron chi connectivity index (χ1n) is 5.16. The molecule has 2 aliphatic heterocycles. The Kier molecular flexibility index (Phi) is 2.34. The van der Waals surface area contributed by atoms with Gasteiger partial charge < -0.3 is 10.5 Å². The van der Waals surface area contributed by atoms with Crippen LogP contribution in [0.15, 0.2) is 0 Å². The maximum atomic E-state index is 5.72. The molecule has 2 saturated heterocycles. The first kappa shape index (κ1) is 9.44. The molecule has 0 aromatic heterocycles. The summed E-state index contributed by atoms with van der Waals surface area (Å²) in [4.78, 5) is 2.54. The van der Waals surface area contributed by atoms with Gasteiger partial charge in [0, 0.05) is 19.1 Å². The highest BCUT2D eigenvalue weighted by atomic mass is 16.5. The number of fused-ring (bicyclic) bond motifs is 2. The third-order valence-corrected chi connectivity index (χ3v) is 3.20. The average molecular weight is 184 g/mol. The molecular weight excluding hydrogens is 164 g/mol. The third-order valence-electron chi connectivity index (χ3n) is 3.20. The van der Waals surface area contributed by atoms with Crippen LogP contribution in [0.3, 0.4) is 0 Å². The number of morpholine rings is 1. The highest BCUT2D eigenvalue weighted by Gasteiger charge is 2.40. The Hall–Kier alpha value is -0.120. The van der Waals surface area contributed by atoms with Crippen molar-refractivity contribution in [3.63, 3.8) is 0 Å². The lowest BCUT2D eigenvalue weighted by molar-refractivity contribution is 0.0169. The predicted molar refractivity (Wildman–Crippen MR) is 52.6 cm³/mol. The topological polar surface area (TPSA) is 38.5 Å². The van der Waals surface area contributed by atoms with E-state index < -0.39 is 0 Å². The summed E-state index contributed by atoms with van der Waals surface area (Å²) in [5, 5.41) is 0. The van der Waals surface area contributed by atoms with Crippen molar-refractivity contribution in [3.8, 4) is 0 Å². The van der Waals surface area contributed by atoms with Crippen molar-refractivity contribution < 1.29 is 4.74 Å². The summed E-state index contributed by atoms with van der Waals surface area (Å²) in [6.07, 6.45) is 1.75. The second-order valence-corrected chi connectivity index (χ2v) is 5.14. The fourth-order valence-electron chi connectivity index (χ4n) is 2.29. The van der Waals surface area contributed by atoms with Crippen LogP contribution in [0.4, 0.5) is 0 Å². The molecule has 2 heterocycles. The van der Waals surface area contributed by atoms with E-state index in [9.17, 15) is 0 Å². The zero-order chi connectivity index (χ0) is 9.47. The lowest BCUT2D eigenvalue weighted by atomic mass is 9.93. The van der Waals surface area contributed by atoms with Gasteiger partial charge in [-0.2, -0.15) is 0 Å². The molecule has 2 N–H and O–H groups in total. The molecule has 2 fully saturated rings. The van der Waals surface area contributed by atoms with Gasteiger partial charge in [0.25, 0.3) is 0 Å². The van der Waals surface area contributed by atoms with Crippen LogP contribution >= 0.6 is 0 Å². The van der Waals surface area contributed by atoms with Gasteiger partial charge in [-0.25, -0.2) is 0 Å². The van der Waals surface area contributed by atoms with Crippen molar-refractivity contribution in [3.05, 3.63) is 0 Å². The van der Waals surface area contributed by atoms with Gasteiger partial charge in [-0.1, -0.05) is 13.8 Å². The Morgan fingerprint density at radius 1 is 1.54 bits per heavy atom. The van der Waals surface area contributed by atoms with Gasteiger partial charge in [-0.3, -0.25) is 4.90 Å². The lowest BCUT2D eigenvalue weighted by Crippen LogP contribution is -2.44. The second-order valence-electron chi connectivity index (χ2n) is 5.14. The Bertz CT molecular complexity index is 193. The van der Waals surface area contributed by atoms with Crippen LogP contribution in [0.1, 0.15) is 20.3 Å². The average Bonchev–Trinajstić information content (AvgIpc) is 2.64. The van der Waals surface area contributed by atoms with E-state index in [1.165, 1.54) is 6.42 Å². The summed E-state index contributed by atoms with van der Waals surface area (Å²) < 4.78 is 5.56. The predicted octanol–water partition coefficient (Wildman–Crippen LogP) is 0.444. The highest BCUT2D eigenvalue weighted by molar-refractivity contribution is 4.93. The van der Waals surface area contributed by atoms with Crippen molar-refractivity contribution in [1.29, 1.82) is 0 Å². The minimum absolute atomic E-state index is 0.254. The number of hydrogen-bond acceptors (Lipinski definition) is 3. The van der Waals surface area contributed by atoms with Crippen molar-refractivity contribution in [2.24, 2.45) is 11.1 Å². The zero-order valence-corrected chi connectivity index (χ0v) is 8.62. The first-order chi connectivity index (χ1) is 6.11. The number of ether oxygens (including phenoxy) is 1. The van der Waals surface area contributed by atoms with E-state index in [-0.39, 0.29) is 5.41 Å². The fourth-order valence-corrected chi connectivity index (χ4v) is 2.29. The van der Waals surface area contributed by atoms with Gasteiger partial charge in [0.15, 0.2) is 0 Å². The number of nitrogens with two attached hydrogens (primary N) is 1. The molecule has 2 bridgehead atoms. The maximum Gasteiger partial charge on any atom is 0.0718 e. The molecule has 3 nitrogen and oxygen atoms in total. The van der Waals surface area contributed by atoms with E-state index in [4.69, 9.17) is 10.5 Å². The summed E-state index contributed by atoms with van der Waals surface area (Å²) in [6, 6.07) is 0.677. The SMILES string of the molecule is CC(C)(CN)CN1CC2CC1CO2. The van der Waals surface area contributed by atoms with E-state index in [1.54, 1.807) is 0 Å². The van der Waals surface area contributed by atoms with Crippen LogP contribution in [-0.2, 0) is 4.74 Å². The molecule has 0 saturated carbocycles. The van der Waals surface area contributed by atoms with Crippen LogP contribution in [0.2, 0.25) is 0 Å². The van der Waals surface area contributed by atoms with Crippen LogP contribution in [0, 0.1) is 5.41 Å². The molecule has 76 valence electrons. The first-order valence-corrected chi connectivity index (χ1v) is 5.16. The number of hydrogen-bond donors (Lipinski definition) is 1. The zero-order valence-electron chi connectivity index (χ0n) is 8.62. The van der Waals surface area contributed by atoms with Crippen LogP contribution in [-0.4, -0.2) is 43.3 Å². The maximum absolute atomic E-state index is 5.72. The quantitative estimate of drug-likeness (QED) is 0.692. The molecule has 13 heavy (non-hydrogen) atoms. The fraction of sp³-hybridized carbons (Fsp3) is 1.00. The standard InChI is InChI=1S/C10H20N2O/c1-10(2,6-11)7-12-4-9-3-8(12)5-13-9/h8-9H,3-7,11H2,1-2H3. The molecular formula is C10H20N2O. The van der Waals surface area contributed by atoms with Gasteiger partial charge >= 0.3 is 0 Å². The molecule has 2 unspecified atom stereocenters. The van der Waals surface area contributed by atoms with E-state index in [0.29, 0.717) is 12.1 Å². The minimum atomic E-state index is 0.254. The summed E-state index contributed by atoms with van der Waals surface area (Å²) in [6.45, 7) is 8.41. The van der Waals surface area contributed by atoms with E-state index in [0.717, 1.165) is 26.2 Å². The summed E-state index contributed by atoms with van der Waals surface area (Å²) in [5.41, 5.74) is 5.98. The molecule has 2 rings (SSSR count). The summed E-state index contributed by atoms with van der Waals surface area (Å²) in [7, 11) is 0. The smallest absolute Gasteiger partial charge is 0.0718 e. The molecule has 0 spiro atoms. The van der Waals surface area contributed by atoms with Crippen molar-refractivity contribution in [2.45, 2.75) is 32.4 Å². The Labute approximate surface area is 80.2 Å². The Morgan fingerprint density at radius 2 is 2.31 bits per heavy atom. The monoisotopic (exact) mass is 184 g/mol. The van der Waals surface area contributed by atoms with Gasteiger partial charge in [0.2, 0.25) is 0 Å². The molecule has 0 radical (unpaired) electrons. The molecule has 0 aromatic carbocycles. The van der Waals surface area contributed by atoms with E-state index in [2.05, 4.69) is 18.7 Å². The van der Waals surface area contributed by atoms with E-state index >= 15 is 0 Å². The van der Waals surface area contributed by atoms with E-state index in [1.807, 2.05) is 0 Å². The largest absolute Gasteiger partial charge is 0.375 e. The van der Waals surface area contributed by atoms with Crippen molar-refractivity contribution in [1.82, 2.24) is 4.90 Å². The van der Waals surface area contributed by atoms with Gasteiger partial charge in [-0.15, -0.1) is 0 Å². The molecule has 2 aliphatic rings. The molecule has 0 aliphatic carbocycles. The molecule has 2 atom stereocenters. The van der Waals surface area contributed by atoms with Gasteiger partial charge in [0.1, 0.15) is 0 Å². The van der Waals surface area contributed by atoms with Crippen molar-refractivity contribution >= 4 is 0 Å². The molecule has 0 amide bonds. The number of likely N-dealkylation sites (tertiary alicyclic amines) is 1. The normalized spacial score (nSPS) is 34.4. The lowest BCUT2D eigenvalue weighted by Gasteiger charge is -2.34. The van der Waals surface area contributed by atoms with Gasteiger partial charge in [-0.05, 0) is 18.4 Å². The Balaban J connectivity index is 1.89. The third kappa shape index (κ3) is 1.87. The minimum Gasteiger partial charge on any atom is -0.375 e. The molecule has 0 aromatic rings. The van der Waals surface area contributed by atoms with Crippen LogP contribution < -0.4 is 5.73 Å². The van der Waals surface area contributed by atoms with Crippen molar-refractivity contribution in [2.75, 3.05) is 26.2 Å². The Morgan fingerprint density at radius 3 is 2.77 bits per heavy atom.